The van der Waals surface area contributed by atoms with E-state index in [9.17, 15) is 9.90 Å². The van der Waals surface area contributed by atoms with Crippen LogP contribution in [0.3, 0.4) is 0 Å². The summed E-state index contributed by atoms with van der Waals surface area (Å²) in [5.74, 6) is -0.188. The van der Waals surface area contributed by atoms with Gasteiger partial charge in [-0.1, -0.05) is 48.5 Å². The van der Waals surface area contributed by atoms with Gasteiger partial charge in [-0.15, -0.1) is 0 Å². The van der Waals surface area contributed by atoms with Crippen molar-refractivity contribution in [2.24, 2.45) is 0 Å². The van der Waals surface area contributed by atoms with E-state index < -0.39 is 6.10 Å². The molecule has 1 aromatic heterocycles. The van der Waals surface area contributed by atoms with Crippen LogP contribution >= 0.6 is 0 Å². The van der Waals surface area contributed by atoms with Gasteiger partial charge in [0.25, 0.3) is 5.91 Å². The molecule has 2 aromatic carbocycles. The summed E-state index contributed by atoms with van der Waals surface area (Å²) in [6.07, 6.45) is 1.62. The number of nitrogens with one attached hydrogen (secondary N) is 1. The first-order chi connectivity index (χ1) is 12.6. The molecule has 0 saturated carbocycles. The number of amides is 1. The van der Waals surface area contributed by atoms with Crippen molar-refractivity contribution in [2.75, 3.05) is 6.54 Å². The van der Waals surface area contributed by atoms with Crippen LogP contribution in [0, 0.1) is 6.92 Å². The summed E-state index contributed by atoms with van der Waals surface area (Å²) in [5.41, 5.74) is 4.29. The number of hydrogen-bond acceptors (Lipinski definition) is 3. The van der Waals surface area contributed by atoms with Gasteiger partial charge >= 0.3 is 0 Å². The number of aliphatic hydroxyl groups excluding tert-OH is 1. The number of aliphatic hydroxyl groups is 1. The van der Waals surface area contributed by atoms with Crippen LogP contribution in [-0.4, -0.2) is 28.6 Å². The highest BCUT2D eigenvalue weighted by Crippen LogP contribution is 2.23. The van der Waals surface area contributed by atoms with Gasteiger partial charge in [0.1, 0.15) is 0 Å². The maximum absolute atomic E-state index is 12.6. The molecule has 132 valence electrons. The van der Waals surface area contributed by atoms with Gasteiger partial charge in [-0.2, -0.15) is 0 Å². The average Bonchev–Trinajstić information content (AvgIpc) is 2.68. The Morgan fingerprint density at radius 3 is 2.54 bits per heavy atom. The molecule has 2 N–H and O–H groups in total. The number of pyridine rings is 1. The van der Waals surface area contributed by atoms with E-state index in [-0.39, 0.29) is 12.5 Å². The number of nitrogens with zero attached hydrogens (tertiary/aromatic N) is 1. The minimum atomic E-state index is -0.624. The molecule has 0 spiro atoms. The molecule has 0 radical (unpaired) electrons. The zero-order valence-corrected chi connectivity index (χ0v) is 14.7. The first-order valence-electron chi connectivity index (χ1n) is 8.66. The lowest BCUT2D eigenvalue weighted by Gasteiger charge is -2.14. The Kier molecular flexibility index (Phi) is 5.77. The first-order valence-corrected chi connectivity index (χ1v) is 8.66. The lowest BCUT2D eigenvalue weighted by atomic mass is 9.99. The second-order valence-electron chi connectivity index (χ2n) is 6.25. The maximum Gasteiger partial charge on any atom is 0.251 e. The molecular formula is C22H22N2O2. The fourth-order valence-corrected chi connectivity index (χ4v) is 2.95. The Bertz CT molecular complexity index is 864. The van der Waals surface area contributed by atoms with E-state index in [1.165, 1.54) is 0 Å². The highest BCUT2D eigenvalue weighted by molar-refractivity contribution is 5.97. The van der Waals surface area contributed by atoms with E-state index in [0.29, 0.717) is 12.0 Å². The Morgan fingerprint density at radius 2 is 1.81 bits per heavy atom. The second-order valence-corrected chi connectivity index (χ2v) is 6.25. The van der Waals surface area contributed by atoms with Crippen molar-refractivity contribution in [1.29, 1.82) is 0 Å². The van der Waals surface area contributed by atoms with Crippen LogP contribution in [-0.2, 0) is 6.42 Å². The molecule has 3 aromatic rings. The fraction of sp³-hybridized carbons (Fsp3) is 0.182. The second kappa shape index (κ2) is 8.41. The van der Waals surface area contributed by atoms with Crippen molar-refractivity contribution in [2.45, 2.75) is 19.4 Å². The number of hydrogen-bond donors (Lipinski definition) is 2. The monoisotopic (exact) mass is 346 g/mol. The van der Waals surface area contributed by atoms with Gasteiger partial charge in [0.15, 0.2) is 0 Å². The Hall–Kier alpha value is -2.98. The zero-order valence-electron chi connectivity index (χ0n) is 14.7. The Morgan fingerprint density at radius 1 is 1.04 bits per heavy atom. The maximum atomic E-state index is 12.6. The molecule has 1 amide bonds. The molecule has 4 nitrogen and oxygen atoms in total. The predicted molar refractivity (Wildman–Crippen MR) is 103 cm³/mol. The molecule has 0 saturated heterocycles. The van der Waals surface area contributed by atoms with Crippen molar-refractivity contribution in [3.8, 4) is 11.3 Å². The van der Waals surface area contributed by atoms with Gasteiger partial charge in [0.05, 0.1) is 11.8 Å². The first kappa shape index (κ1) is 17.8. The summed E-state index contributed by atoms with van der Waals surface area (Å²) in [6, 6.07) is 21.1. The summed E-state index contributed by atoms with van der Waals surface area (Å²) in [4.78, 5) is 16.9. The van der Waals surface area contributed by atoms with Crippen LogP contribution in [0.15, 0.2) is 72.9 Å². The van der Waals surface area contributed by atoms with Gasteiger partial charge in [0, 0.05) is 30.3 Å². The minimum Gasteiger partial charge on any atom is -0.391 e. The third kappa shape index (κ3) is 4.35. The molecule has 0 bridgehead atoms. The summed E-state index contributed by atoms with van der Waals surface area (Å²) in [6.45, 7) is 2.13. The fourth-order valence-electron chi connectivity index (χ4n) is 2.95. The van der Waals surface area contributed by atoms with E-state index in [4.69, 9.17) is 0 Å². The van der Waals surface area contributed by atoms with E-state index in [0.717, 1.165) is 22.4 Å². The summed E-state index contributed by atoms with van der Waals surface area (Å²) in [5, 5.41) is 13.0. The SMILES string of the molecule is Cc1c(C(=O)NCC(O)Cc2ccccc2)cccc1-c1ccccn1. The Labute approximate surface area is 153 Å². The molecule has 0 aliphatic heterocycles. The zero-order chi connectivity index (χ0) is 18.4. The predicted octanol–water partition coefficient (Wildman–Crippen LogP) is 3.39. The van der Waals surface area contributed by atoms with Crippen LogP contribution in [0.1, 0.15) is 21.5 Å². The van der Waals surface area contributed by atoms with Crippen LogP contribution in [0.5, 0.6) is 0 Å². The Balaban J connectivity index is 1.67. The number of aromatic nitrogens is 1. The molecule has 3 rings (SSSR count). The smallest absolute Gasteiger partial charge is 0.251 e. The van der Waals surface area contributed by atoms with Crippen LogP contribution in [0.25, 0.3) is 11.3 Å². The minimum absolute atomic E-state index is 0.188. The van der Waals surface area contributed by atoms with Gasteiger partial charge in [-0.3, -0.25) is 9.78 Å². The van der Waals surface area contributed by atoms with Crippen molar-refractivity contribution in [3.63, 3.8) is 0 Å². The van der Waals surface area contributed by atoms with Gasteiger partial charge in [-0.25, -0.2) is 0 Å². The molecule has 0 aliphatic carbocycles. The molecule has 0 aliphatic rings. The number of rotatable bonds is 6. The summed E-state index contributed by atoms with van der Waals surface area (Å²) < 4.78 is 0. The molecule has 4 heteroatoms. The number of carbonyl (C=O) groups is 1. The van der Waals surface area contributed by atoms with Gasteiger partial charge < -0.3 is 10.4 Å². The van der Waals surface area contributed by atoms with E-state index in [1.54, 1.807) is 12.3 Å². The van der Waals surface area contributed by atoms with E-state index >= 15 is 0 Å². The molecule has 26 heavy (non-hydrogen) atoms. The highest BCUT2D eigenvalue weighted by atomic mass is 16.3. The van der Waals surface area contributed by atoms with Crippen molar-refractivity contribution >= 4 is 5.91 Å². The van der Waals surface area contributed by atoms with Crippen LogP contribution < -0.4 is 5.32 Å². The highest BCUT2D eigenvalue weighted by Gasteiger charge is 2.14. The quantitative estimate of drug-likeness (QED) is 0.719. The summed E-state index contributed by atoms with van der Waals surface area (Å²) >= 11 is 0. The third-order valence-corrected chi connectivity index (χ3v) is 4.33. The topological polar surface area (TPSA) is 62.2 Å². The molecule has 1 unspecified atom stereocenters. The van der Waals surface area contributed by atoms with Gasteiger partial charge in [-0.05, 0) is 36.2 Å². The molecular weight excluding hydrogens is 324 g/mol. The molecule has 1 atom stereocenters. The number of carbonyl (C=O) groups excluding carboxylic acids is 1. The van der Waals surface area contributed by atoms with Crippen molar-refractivity contribution < 1.29 is 9.90 Å². The number of benzene rings is 2. The normalized spacial score (nSPS) is 11.8. The van der Waals surface area contributed by atoms with E-state index in [2.05, 4.69) is 10.3 Å². The van der Waals surface area contributed by atoms with Crippen molar-refractivity contribution in [3.05, 3.63) is 89.6 Å². The van der Waals surface area contributed by atoms with Crippen molar-refractivity contribution in [1.82, 2.24) is 10.3 Å². The van der Waals surface area contributed by atoms with Crippen LogP contribution in [0.2, 0.25) is 0 Å². The lowest BCUT2D eigenvalue weighted by molar-refractivity contribution is 0.0915. The molecule has 0 fully saturated rings. The van der Waals surface area contributed by atoms with Gasteiger partial charge in [0.2, 0.25) is 0 Å². The third-order valence-electron chi connectivity index (χ3n) is 4.33. The standard InChI is InChI=1S/C22H22N2O2/c1-16-19(21-12-5-6-13-23-21)10-7-11-20(16)22(26)24-15-18(25)14-17-8-3-2-4-9-17/h2-13,18,25H,14-15H2,1H3,(H,24,26). The summed E-state index contributed by atoms with van der Waals surface area (Å²) in [7, 11) is 0. The van der Waals surface area contributed by atoms with E-state index in [1.807, 2.05) is 67.6 Å². The lowest BCUT2D eigenvalue weighted by Crippen LogP contribution is -2.33. The average molecular weight is 346 g/mol. The van der Waals surface area contributed by atoms with Crippen LogP contribution in [0.4, 0.5) is 0 Å². The molecule has 1 heterocycles. The largest absolute Gasteiger partial charge is 0.391 e.